The predicted octanol–water partition coefficient (Wildman–Crippen LogP) is 2.07. The van der Waals surface area contributed by atoms with Crippen molar-refractivity contribution in [3.63, 3.8) is 0 Å². The third-order valence-electron chi connectivity index (χ3n) is 6.21. The first-order chi connectivity index (χ1) is 13.0. The number of urea groups is 1. The van der Waals surface area contributed by atoms with Crippen LogP contribution in [0.4, 0.5) is 4.79 Å². The second-order valence-corrected chi connectivity index (χ2v) is 8.05. The zero-order chi connectivity index (χ0) is 19.0. The Bertz CT molecular complexity index is 749. The molecule has 2 atom stereocenters. The van der Waals surface area contributed by atoms with E-state index in [9.17, 15) is 14.4 Å². The number of imide groups is 1. The quantitative estimate of drug-likeness (QED) is 0.805. The van der Waals surface area contributed by atoms with Gasteiger partial charge in [-0.3, -0.25) is 19.5 Å². The highest BCUT2D eigenvalue weighted by molar-refractivity contribution is 6.09. The summed E-state index contributed by atoms with van der Waals surface area (Å²) >= 11 is 0. The number of carbonyl (C=O) groups excluding carboxylic acids is 3. The van der Waals surface area contributed by atoms with Crippen molar-refractivity contribution in [2.45, 2.75) is 63.6 Å². The summed E-state index contributed by atoms with van der Waals surface area (Å²) in [6.45, 7) is 2.32. The summed E-state index contributed by atoms with van der Waals surface area (Å²) in [5.74, 6) is -0.301. The maximum Gasteiger partial charge on any atom is 0.325 e. The standard InChI is InChI=1S/C20H26N4O3/c1-14-4-2-3-9-20(14)18(26)24(19(27)22-20)13-17(25)23(16-5-6-16)12-15-7-10-21-11-8-15/h7-8,10-11,14,16H,2-6,9,12-13H2,1H3,(H,22,27). The Labute approximate surface area is 159 Å². The number of hydrogen-bond acceptors (Lipinski definition) is 4. The SMILES string of the molecule is CC1CCCCC12NC(=O)N(CC(=O)N(Cc1ccncc1)C1CC1)C2=O. The van der Waals surface area contributed by atoms with Crippen LogP contribution < -0.4 is 5.32 Å². The lowest BCUT2D eigenvalue weighted by atomic mass is 9.73. The van der Waals surface area contributed by atoms with Crippen molar-refractivity contribution >= 4 is 17.8 Å². The predicted molar refractivity (Wildman–Crippen MR) is 98.4 cm³/mol. The maximum atomic E-state index is 13.1. The molecule has 2 aliphatic carbocycles. The third kappa shape index (κ3) is 3.31. The van der Waals surface area contributed by atoms with Gasteiger partial charge in [-0.1, -0.05) is 19.8 Å². The number of nitrogens with one attached hydrogen (secondary N) is 1. The number of rotatable bonds is 5. The summed E-state index contributed by atoms with van der Waals surface area (Å²) in [5, 5.41) is 2.92. The fourth-order valence-electron chi connectivity index (χ4n) is 4.36. The molecule has 1 N–H and O–H groups in total. The highest BCUT2D eigenvalue weighted by Gasteiger charge is 2.55. The normalized spacial score (nSPS) is 27.7. The van der Waals surface area contributed by atoms with Gasteiger partial charge in [0, 0.05) is 25.0 Å². The van der Waals surface area contributed by atoms with Crippen LogP contribution in [0.1, 0.15) is 51.0 Å². The molecule has 1 aliphatic heterocycles. The number of pyridine rings is 1. The van der Waals surface area contributed by atoms with Crippen LogP contribution in [0.3, 0.4) is 0 Å². The van der Waals surface area contributed by atoms with Gasteiger partial charge in [0.25, 0.3) is 5.91 Å². The lowest BCUT2D eigenvalue weighted by Gasteiger charge is -2.36. The van der Waals surface area contributed by atoms with E-state index in [1.807, 2.05) is 19.1 Å². The van der Waals surface area contributed by atoms with Crippen molar-refractivity contribution in [1.29, 1.82) is 0 Å². The molecule has 1 saturated heterocycles. The molecule has 7 heteroatoms. The zero-order valence-corrected chi connectivity index (χ0v) is 15.7. The van der Waals surface area contributed by atoms with Crippen molar-refractivity contribution in [2.24, 2.45) is 5.92 Å². The van der Waals surface area contributed by atoms with Gasteiger partial charge in [-0.05, 0) is 49.3 Å². The summed E-state index contributed by atoms with van der Waals surface area (Å²) in [6, 6.07) is 3.54. The summed E-state index contributed by atoms with van der Waals surface area (Å²) in [6.07, 6.45) is 8.93. The number of nitrogens with zero attached hydrogens (tertiary/aromatic N) is 3. The zero-order valence-electron chi connectivity index (χ0n) is 15.7. The third-order valence-corrected chi connectivity index (χ3v) is 6.21. The Morgan fingerprint density at radius 1 is 1.26 bits per heavy atom. The van der Waals surface area contributed by atoms with Crippen molar-refractivity contribution in [3.05, 3.63) is 30.1 Å². The highest BCUT2D eigenvalue weighted by Crippen LogP contribution is 2.38. The molecule has 1 aromatic rings. The van der Waals surface area contributed by atoms with Crippen LogP contribution in [0.15, 0.2) is 24.5 Å². The molecule has 0 bridgehead atoms. The van der Waals surface area contributed by atoms with E-state index < -0.39 is 11.6 Å². The fraction of sp³-hybridized carbons (Fsp3) is 0.600. The van der Waals surface area contributed by atoms with Crippen LogP contribution in [0, 0.1) is 5.92 Å². The van der Waals surface area contributed by atoms with Gasteiger partial charge in [0.2, 0.25) is 5.91 Å². The van der Waals surface area contributed by atoms with Gasteiger partial charge in [-0.15, -0.1) is 0 Å². The van der Waals surface area contributed by atoms with Gasteiger partial charge in [0.1, 0.15) is 12.1 Å². The van der Waals surface area contributed by atoms with Crippen molar-refractivity contribution < 1.29 is 14.4 Å². The second-order valence-electron chi connectivity index (χ2n) is 8.05. The van der Waals surface area contributed by atoms with E-state index in [0.29, 0.717) is 13.0 Å². The molecule has 7 nitrogen and oxygen atoms in total. The Morgan fingerprint density at radius 3 is 2.67 bits per heavy atom. The molecule has 4 amide bonds. The Morgan fingerprint density at radius 2 is 2.00 bits per heavy atom. The van der Waals surface area contributed by atoms with Gasteiger partial charge < -0.3 is 10.2 Å². The van der Waals surface area contributed by atoms with Crippen LogP contribution >= 0.6 is 0 Å². The molecule has 3 fully saturated rings. The Kier molecular flexibility index (Phi) is 4.61. The topological polar surface area (TPSA) is 82.6 Å². The Hall–Kier alpha value is -2.44. The van der Waals surface area contributed by atoms with E-state index in [-0.39, 0.29) is 30.3 Å². The molecule has 3 aliphatic rings. The number of hydrogen-bond donors (Lipinski definition) is 1. The molecular weight excluding hydrogens is 344 g/mol. The summed E-state index contributed by atoms with van der Waals surface area (Å²) in [7, 11) is 0. The minimum Gasteiger partial charge on any atom is -0.334 e. The average molecular weight is 370 g/mol. The molecule has 2 unspecified atom stereocenters. The molecular formula is C20H26N4O3. The van der Waals surface area contributed by atoms with Gasteiger partial charge >= 0.3 is 6.03 Å². The molecule has 2 heterocycles. The number of carbonyl (C=O) groups is 3. The van der Waals surface area contributed by atoms with Gasteiger partial charge in [0.15, 0.2) is 0 Å². The molecule has 0 radical (unpaired) electrons. The monoisotopic (exact) mass is 370 g/mol. The minimum absolute atomic E-state index is 0.0964. The van der Waals surface area contributed by atoms with Crippen molar-refractivity contribution in [2.75, 3.05) is 6.54 Å². The summed E-state index contributed by atoms with van der Waals surface area (Å²) in [4.78, 5) is 45.5. The second kappa shape index (κ2) is 6.94. The first-order valence-corrected chi connectivity index (χ1v) is 9.84. The van der Waals surface area contributed by atoms with Crippen LogP contribution in [-0.4, -0.2) is 50.8 Å². The number of amides is 4. The largest absolute Gasteiger partial charge is 0.334 e. The van der Waals surface area contributed by atoms with Gasteiger partial charge in [-0.2, -0.15) is 0 Å². The molecule has 144 valence electrons. The van der Waals surface area contributed by atoms with Crippen LogP contribution in [-0.2, 0) is 16.1 Å². The van der Waals surface area contributed by atoms with Crippen molar-refractivity contribution in [3.8, 4) is 0 Å². The van der Waals surface area contributed by atoms with Crippen LogP contribution in [0.5, 0.6) is 0 Å². The summed E-state index contributed by atoms with van der Waals surface area (Å²) in [5.41, 5.74) is 0.185. The highest BCUT2D eigenvalue weighted by atomic mass is 16.2. The summed E-state index contributed by atoms with van der Waals surface area (Å²) < 4.78 is 0. The van der Waals surface area contributed by atoms with Gasteiger partial charge in [0.05, 0.1) is 0 Å². The van der Waals surface area contributed by atoms with E-state index >= 15 is 0 Å². The average Bonchev–Trinajstić information content (AvgIpc) is 3.47. The first-order valence-electron chi connectivity index (χ1n) is 9.84. The van der Waals surface area contributed by atoms with E-state index in [1.54, 1.807) is 17.3 Å². The minimum atomic E-state index is -0.814. The van der Waals surface area contributed by atoms with Crippen molar-refractivity contribution in [1.82, 2.24) is 20.1 Å². The van der Waals surface area contributed by atoms with E-state index in [1.165, 1.54) is 0 Å². The lowest BCUT2D eigenvalue weighted by molar-refractivity contribution is -0.141. The van der Waals surface area contributed by atoms with E-state index in [4.69, 9.17) is 0 Å². The fourth-order valence-corrected chi connectivity index (χ4v) is 4.36. The molecule has 2 saturated carbocycles. The van der Waals surface area contributed by atoms with E-state index in [2.05, 4.69) is 10.3 Å². The first kappa shape index (κ1) is 17.9. The molecule has 1 aromatic heterocycles. The molecule has 0 aromatic carbocycles. The maximum absolute atomic E-state index is 13.1. The smallest absolute Gasteiger partial charge is 0.325 e. The molecule has 4 rings (SSSR count). The van der Waals surface area contributed by atoms with Crippen LogP contribution in [0.25, 0.3) is 0 Å². The lowest BCUT2D eigenvalue weighted by Crippen LogP contribution is -2.54. The van der Waals surface area contributed by atoms with Crippen LogP contribution in [0.2, 0.25) is 0 Å². The number of aromatic nitrogens is 1. The molecule has 1 spiro atoms. The molecule has 27 heavy (non-hydrogen) atoms. The van der Waals surface area contributed by atoms with Gasteiger partial charge in [-0.25, -0.2) is 4.79 Å². The van der Waals surface area contributed by atoms with E-state index in [0.717, 1.165) is 42.6 Å². The Balaban J connectivity index is 1.48.